The summed E-state index contributed by atoms with van der Waals surface area (Å²) < 4.78 is 0. The maximum absolute atomic E-state index is 14.0. The fourth-order valence-electron chi connectivity index (χ4n) is 7.80. The third-order valence-electron chi connectivity index (χ3n) is 10.3. The van der Waals surface area contributed by atoms with Gasteiger partial charge in [-0.2, -0.15) is 0 Å². The second-order valence-electron chi connectivity index (χ2n) is 14.9. The van der Waals surface area contributed by atoms with Crippen LogP contribution in [0.1, 0.15) is 197 Å². The summed E-state index contributed by atoms with van der Waals surface area (Å²) in [5.74, 6) is 1.72. The van der Waals surface area contributed by atoms with Crippen molar-refractivity contribution in [3.05, 3.63) is 33.9 Å². The molecule has 5 heteroatoms. The van der Waals surface area contributed by atoms with E-state index in [-0.39, 0.29) is 47.4 Å². The number of benzene rings is 1. The highest BCUT2D eigenvalue weighted by atomic mass is 16.2. The van der Waals surface area contributed by atoms with E-state index in [1.165, 1.54) is 30.0 Å². The molecule has 1 aliphatic rings. The van der Waals surface area contributed by atoms with Gasteiger partial charge in [0.2, 0.25) is 0 Å². The van der Waals surface area contributed by atoms with Crippen molar-refractivity contribution >= 4 is 28.9 Å². The zero-order chi connectivity index (χ0) is 36.4. The lowest BCUT2D eigenvalue weighted by molar-refractivity contribution is -0.130. The van der Waals surface area contributed by atoms with Crippen LogP contribution in [0.5, 0.6) is 0 Å². The normalized spacial score (nSPS) is 15.5. The van der Waals surface area contributed by atoms with Crippen molar-refractivity contribution < 1.29 is 24.0 Å². The average molecular weight is 667 g/mol. The molecule has 1 aliphatic carbocycles. The zero-order valence-corrected chi connectivity index (χ0v) is 32.5. The Kier molecular flexibility index (Phi) is 20.9. The van der Waals surface area contributed by atoms with Crippen molar-refractivity contribution in [2.75, 3.05) is 0 Å². The van der Waals surface area contributed by atoms with Gasteiger partial charge in [-0.25, -0.2) is 0 Å². The third-order valence-corrected chi connectivity index (χ3v) is 10.3. The smallest absolute Gasteiger partial charge is 0.163 e. The van der Waals surface area contributed by atoms with Crippen molar-refractivity contribution in [3.8, 4) is 0 Å². The van der Waals surface area contributed by atoms with Gasteiger partial charge in [0.25, 0.3) is 0 Å². The summed E-state index contributed by atoms with van der Waals surface area (Å²) >= 11 is 0. The maximum Gasteiger partial charge on any atom is 0.163 e. The molecule has 0 radical (unpaired) electrons. The lowest BCUT2D eigenvalue weighted by Gasteiger charge is -2.34. The average Bonchev–Trinajstić information content (AvgIpc) is 3.02. The Morgan fingerprint density at radius 3 is 1.88 bits per heavy atom. The summed E-state index contributed by atoms with van der Waals surface area (Å²) in [5, 5.41) is 0. The van der Waals surface area contributed by atoms with Crippen LogP contribution < -0.4 is 0 Å². The molecule has 1 aromatic rings. The summed E-state index contributed by atoms with van der Waals surface area (Å²) in [6.07, 6.45) is 13.0. The Bertz CT molecular complexity index is 1170. The van der Waals surface area contributed by atoms with Crippen LogP contribution >= 0.6 is 0 Å². The summed E-state index contributed by atoms with van der Waals surface area (Å²) in [6, 6.07) is 2.35. The van der Waals surface area contributed by atoms with E-state index in [9.17, 15) is 24.0 Å². The van der Waals surface area contributed by atoms with Crippen molar-refractivity contribution in [1.29, 1.82) is 0 Å². The molecule has 0 N–H and O–H groups in total. The molecule has 0 bridgehead atoms. The van der Waals surface area contributed by atoms with Gasteiger partial charge in [-0.1, -0.05) is 80.7 Å². The summed E-state index contributed by atoms with van der Waals surface area (Å²) in [5.41, 5.74) is 5.72. The van der Waals surface area contributed by atoms with Gasteiger partial charge in [-0.05, 0) is 111 Å². The molecule has 48 heavy (non-hydrogen) atoms. The topological polar surface area (TPSA) is 85.3 Å². The van der Waals surface area contributed by atoms with E-state index in [0.717, 1.165) is 75.3 Å². The molecule has 0 saturated heterocycles. The Labute approximate surface area is 294 Å². The van der Waals surface area contributed by atoms with E-state index in [4.69, 9.17) is 0 Å². The lowest BCUT2D eigenvalue weighted by Crippen LogP contribution is -2.30. The first-order chi connectivity index (χ1) is 22.8. The van der Waals surface area contributed by atoms with Crippen LogP contribution in [0.25, 0.3) is 0 Å². The number of hydrogen-bond donors (Lipinski definition) is 0. The fourth-order valence-corrected chi connectivity index (χ4v) is 7.80. The predicted molar refractivity (Wildman–Crippen MR) is 200 cm³/mol. The van der Waals surface area contributed by atoms with Gasteiger partial charge in [0.05, 0.1) is 6.42 Å². The van der Waals surface area contributed by atoms with E-state index in [0.29, 0.717) is 49.6 Å². The summed E-state index contributed by atoms with van der Waals surface area (Å²) in [4.78, 5) is 62.8. The van der Waals surface area contributed by atoms with Crippen LogP contribution in [0.15, 0.2) is 6.07 Å². The zero-order valence-electron chi connectivity index (χ0n) is 32.5. The lowest BCUT2D eigenvalue weighted by atomic mass is 9.70. The van der Waals surface area contributed by atoms with Gasteiger partial charge in [-0.15, -0.1) is 0 Å². The number of Topliss-reactive ketones (excluding diaryl/α,β-unsaturated/α-hetero) is 5. The van der Waals surface area contributed by atoms with Gasteiger partial charge >= 0.3 is 0 Å². The standard InChI is InChI=1S/C40H62O5.C3H8/c1-9-15-31(35(12-4)38(44)20-27(7)41)22-30-23-37-36(26(5)6)25-32(28(8)40(37)39(45)24-30)21-29(16-13-18-33(42)10-2)17-14-19-34(43)11-3;1-3-2/h25-26,29-31,35H,9-24H2,1-8H3;3H2,1-2H3. The number of rotatable bonds is 22. The molecule has 3 unspecified atom stereocenters. The van der Waals surface area contributed by atoms with Crippen molar-refractivity contribution in [3.63, 3.8) is 0 Å². The van der Waals surface area contributed by atoms with E-state index in [2.05, 4.69) is 47.6 Å². The van der Waals surface area contributed by atoms with Crippen molar-refractivity contribution in [2.45, 2.75) is 184 Å². The van der Waals surface area contributed by atoms with Crippen LogP contribution in [0, 0.1) is 30.6 Å². The second-order valence-corrected chi connectivity index (χ2v) is 14.9. The van der Waals surface area contributed by atoms with Gasteiger partial charge in [-0.3, -0.25) is 24.0 Å². The maximum atomic E-state index is 14.0. The first kappa shape index (κ1) is 43.6. The molecule has 2 rings (SSSR count). The quantitative estimate of drug-likeness (QED) is 0.115. The molecule has 0 fully saturated rings. The highest BCUT2D eigenvalue weighted by Crippen LogP contribution is 2.40. The Morgan fingerprint density at radius 2 is 1.42 bits per heavy atom. The molecule has 0 amide bonds. The van der Waals surface area contributed by atoms with Gasteiger partial charge in [0, 0.05) is 43.6 Å². The van der Waals surface area contributed by atoms with Crippen LogP contribution in [0.2, 0.25) is 0 Å². The minimum atomic E-state index is -0.129. The van der Waals surface area contributed by atoms with Gasteiger partial charge in [0.15, 0.2) is 5.78 Å². The molecular formula is C43H70O5. The molecule has 0 saturated carbocycles. The van der Waals surface area contributed by atoms with E-state index in [1.54, 1.807) is 0 Å². The number of fused-ring (bicyclic) bond motifs is 1. The minimum absolute atomic E-state index is 0.00936. The molecule has 0 heterocycles. The van der Waals surface area contributed by atoms with Crippen LogP contribution in [-0.4, -0.2) is 28.9 Å². The molecule has 1 aromatic carbocycles. The van der Waals surface area contributed by atoms with Crippen molar-refractivity contribution in [2.24, 2.45) is 23.7 Å². The highest BCUT2D eigenvalue weighted by Gasteiger charge is 2.35. The van der Waals surface area contributed by atoms with Crippen LogP contribution in [-0.2, 0) is 32.0 Å². The second kappa shape index (κ2) is 23.1. The van der Waals surface area contributed by atoms with Gasteiger partial charge in [0.1, 0.15) is 23.1 Å². The molecule has 0 aromatic heterocycles. The van der Waals surface area contributed by atoms with E-state index >= 15 is 0 Å². The molecular weight excluding hydrogens is 596 g/mol. The number of hydrogen-bond acceptors (Lipinski definition) is 5. The van der Waals surface area contributed by atoms with Crippen LogP contribution in [0.3, 0.4) is 0 Å². The first-order valence-corrected chi connectivity index (χ1v) is 19.5. The van der Waals surface area contributed by atoms with Crippen LogP contribution in [0.4, 0.5) is 0 Å². The SMILES string of the molecule is CCC.CCCC(CC1CC(=O)c2c(C)c(CC(CCCC(=O)CC)CCCC(=O)CC)cc(C(C)C)c2C1)C(CC)C(=O)CC(C)=O. The number of carbonyl (C=O) groups is 5. The first-order valence-electron chi connectivity index (χ1n) is 19.5. The van der Waals surface area contributed by atoms with E-state index < -0.39 is 0 Å². The third kappa shape index (κ3) is 14.2. The predicted octanol–water partition coefficient (Wildman–Crippen LogP) is 11.1. The fraction of sp³-hybridized carbons (Fsp3) is 0.744. The minimum Gasteiger partial charge on any atom is -0.300 e. The Balaban J connectivity index is 0.00000369. The number of ketones is 5. The number of carbonyl (C=O) groups excluding carboxylic acids is 5. The molecule has 272 valence electrons. The van der Waals surface area contributed by atoms with E-state index in [1.807, 2.05) is 20.8 Å². The monoisotopic (exact) mass is 667 g/mol. The van der Waals surface area contributed by atoms with Crippen molar-refractivity contribution in [1.82, 2.24) is 0 Å². The molecule has 5 nitrogen and oxygen atoms in total. The molecule has 3 atom stereocenters. The Morgan fingerprint density at radius 1 is 0.854 bits per heavy atom. The largest absolute Gasteiger partial charge is 0.300 e. The summed E-state index contributed by atoms with van der Waals surface area (Å²) in [7, 11) is 0. The molecule has 0 aliphatic heterocycles. The Hall–Kier alpha value is -2.43. The molecule has 0 spiro atoms. The highest BCUT2D eigenvalue weighted by molar-refractivity contribution is 6.01. The summed E-state index contributed by atoms with van der Waals surface area (Å²) in [6.45, 7) is 20.3. The van der Waals surface area contributed by atoms with Gasteiger partial charge < -0.3 is 0 Å².